The number of nitrogens with zero attached hydrogens (tertiary/aromatic N) is 1. The topological polar surface area (TPSA) is 63.1 Å². The molecule has 0 spiro atoms. The molecule has 1 atom stereocenters. The van der Waals surface area contributed by atoms with Crippen molar-refractivity contribution in [1.29, 1.82) is 0 Å². The first kappa shape index (κ1) is 27.4. The van der Waals surface area contributed by atoms with Crippen molar-refractivity contribution in [3.05, 3.63) is 40.0 Å². The van der Waals surface area contributed by atoms with Crippen LogP contribution in [-0.4, -0.2) is 26.3 Å². The predicted molar refractivity (Wildman–Crippen MR) is 150 cm³/mol. The second kappa shape index (κ2) is 11.4. The Balaban J connectivity index is 1.71. The molecule has 0 aliphatic heterocycles. The molecule has 1 heterocycles. The normalized spacial score (nSPS) is 18.2. The van der Waals surface area contributed by atoms with Crippen LogP contribution in [0.3, 0.4) is 0 Å². The number of carbonyl (C=O) groups is 1. The molecule has 198 valence electrons. The van der Waals surface area contributed by atoms with E-state index in [4.69, 9.17) is 11.6 Å². The molecule has 2 aliphatic rings. The highest BCUT2D eigenvalue weighted by molar-refractivity contribution is 7.83. The molecule has 1 aromatic heterocycles. The second-order valence-electron chi connectivity index (χ2n) is 11.4. The summed E-state index contributed by atoms with van der Waals surface area (Å²) in [6.45, 7) is 11.1. The van der Waals surface area contributed by atoms with Gasteiger partial charge >= 0.3 is 0 Å². The third kappa shape index (κ3) is 5.92. The zero-order valence-electron chi connectivity index (χ0n) is 22.5. The molecule has 1 unspecified atom stereocenters. The Hall–Kier alpha value is -1.63. The van der Waals surface area contributed by atoms with Crippen LogP contribution in [0.5, 0.6) is 0 Å². The number of hydrogen-bond donors (Lipinski definition) is 2. The molecule has 1 amide bonds. The quantitative estimate of drug-likeness (QED) is 0.363. The Morgan fingerprint density at radius 2 is 1.81 bits per heavy atom. The van der Waals surface area contributed by atoms with Crippen molar-refractivity contribution in [3.8, 4) is 11.3 Å². The van der Waals surface area contributed by atoms with E-state index < -0.39 is 11.0 Å². The van der Waals surface area contributed by atoms with Crippen molar-refractivity contribution in [2.45, 2.75) is 115 Å². The number of nitrogens with one attached hydrogen (secondary N) is 2. The number of halogens is 1. The van der Waals surface area contributed by atoms with Gasteiger partial charge in [0.05, 0.1) is 21.2 Å². The highest BCUT2D eigenvalue weighted by atomic mass is 35.5. The van der Waals surface area contributed by atoms with E-state index in [0.717, 1.165) is 53.9 Å². The van der Waals surface area contributed by atoms with E-state index in [1.807, 2.05) is 39.0 Å². The zero-order valence-corrected chi connectivity index (χ0v) is 24.1. The summed E-state index contributed by atoms with van der Waals surface area (Å²) < 4.78 is 18.7. The van der Waals surface area contributed by atoms with E-state index in [9.17, 15) is 9.00 Å². The fourth-order valence-corrected chi connectivity index (χ4v) is 6.87. The lowest BCUT2D eigenvalue weighted by molar-refractivity contribution is 0.0916. The molecule has 5 nitrogen and oxygen atoms in total. The third-order valence-corrected chi connectivity index (χ3v) is 10.3. The Morgan fingerprint density at radius 1 is 1.11 bits per heavy atom. The molecule has 2 aliphatic carbocycles. The molecular formula is C29H42ClN3O2S. The van der Waals surface area contributed by atoms with E-state index in [2.05, 4.69) is 28.5 Å². The fraction of sp³-hybridized carbons (Fsp3) is 0.621. The molecule has 4 rings (SSSR count). The number of carbonyl (C=O) groups excluding carboxylic acids is 1. The first-order valence-corrected chi connectivity index (χ1v) is 15.1. The number of aromatic nitrogens is 1. The Bertz CT molecular complexity index is 1130. The molecule has 0 saturated heterocycles. The van der Waals surface area contributed by atoms with Crippen LogP contribution in [0.25, 0.3) is 11.3 Å². The minimum atomic E-state index is -1.36. The summed E-state index contributed by atoms with van der Waals surface area (Å²) >= 11 is 6.98. The maximum absolute atomic E-state index is 13.2. The summed E-state index contributed by atoms with van der Waals surface area (Å²) in [5.74, 6) is 0.621. The summed E-state index contributed by atoms with van der Waals surface area (Å²) in [6, 6.07) is 6.21. The number of hydrogen-bond acceptors (Lipinski definition) is 2. The predicted octanol–water partition coefficient (Wildman–Crippen LogP) is 7.09. The van der Waals surface area contributed by atoms with Crippen molar-refractivity contribution >= 4 is 28.5 Å². The van der Waals surface area contributed by atoms with Gasteiger partial charge in [0.25, 0.3) is 5.91 Å². The van der Waals surface area contributed by atoms with Crippen molar-refractivity contribution in [2.24, 2.45) is 5.92 Å². The lowest BCUT2D eigenvalue weighted by Crippen LogP contribution is -2.39. The number of benzene rings is 1. The zero-order chi connectivity index (χ0) is 26.0. The lowest BCUT2D eigenvalue weighted by Gasteiger charge is -2.26. The van der Waals surface area contributed by atoms with Crippen LogP contribution < -0.4 is 10.0 Å². The highest BCUT2D eigenvalue weighted by Gasteiger charge is 2.27. The maximum atomic E-state index is 13.2. The van der Waals surface area contributed by atoms with Crippen molar-refractivity contribution in [2.75, 3.05) is 0 Å². The number of rotatable bonds is 9. The van der Waals surface area contributed by atoms with Gasteiger partial charge in [-0.1, -0.05) is 43.9 Å². The lowest BCUT2D eigenvalue weighted by atomic mass is 9.89. The molecule has 0 radical (unpaired) electrons. The van der Waals surface area contributed by atoms with E-state index in [1.165, 1.54) is 38.5 Å². The van der Waals surface area contributed by atoms with Gasteiger partial charge < -0.3 is 9.88 Å². The Labute approximate surface area is 224 Å². The van der Waals surface area contributed by atoms with Crippen molar-refractivity contribution in [3.63, 3.8) is 0 Å². The van der Waals surface area contributed by atoms with Crippen molar-refractivity contribution < 1.29 is 9.00 Å². The molecule has 0 bridgehead atoms. The molecule has 7 heteroatoms. The average molecular weight is 532 g/mol. The monoisotopic (exact) mass is 531 g/mol. The summed E-state index contributed by atoms with van der Waals surface area (Å²) in [4.78, 5) is 13.9. The first-order chi connectivity index (χ1) is 17.1. The molecule has 2 saturated carbocycles. The van der Waals surface area contributed by atoms with Gasteiger partial charge in [-0.2, -0.15) is 0 Å². The molecule has 2 aromatic rings. The van der Waals surface area contributed by atoms with Gasteiger partial charge in [-0.25, -0.2) is 8.93 Å². The second-order valence-corrected chi connectivity index (χ2v) is 13.0. The van der Waals surface area contributed by atoms with Gasteiger partial charge in [-0.05, 0) is 89.8 Å². The minimum absolute atomic E-state index is 0.0115. The van der Waals surface area contributed by atoms with E-state index in [0.29, 0.717) is 21.9 Å². The van der Waals surface area contributed by atoms with E-state index in [1.54, 1.807) is 0 Å². The van der Waals surface area contributed by atoms with Gasteiger partial charge in [0.2, 0.25) is 0 Å². The van der Waals surface area contributed by atoms with Crippen LogP contribution in [0.4, 0.5) is 0 Å². The van der Waals surface area contributed by atoms with Gasteiger partial charge in [0.15, 0.2) is 0 Å². The van der Waals surface area contributed by atoms with Gasteiger partial charge in [0.1, 0.15) is 11.0 Å². The van der Waals surface area contributed by atoms with Crippen molar-refractivity contribution in [1.82, 2.24) is 14.6 Å². The van der Waals surface area contributed by atoms with E-state index >= 15 is 0 Å². The summed E-state index contributed by atoms with van der Waals surface area (Å²) in [7, 11) is -1.36. The Kier molecular flexibility index (Phi) is 8.68. The van der Waals surface area contributed by atoms with Gasteiger partial charge in [-0.3, -0.25) is 4.79 Å². The smallest absolute Gasteiger partial charge is 0.253 e. The summed E-state index contributed by atoms with van der Waals surface area (Å²) in [5, 5.41) is 3.81. The van der Waals surface area contributed by atoms with Crippen LogP contribution >= 0.6 is 11.6 Å². The molecule has 36 heavy (non-hydrogen) atoms. The molecule has 2 N–H and O–H groups in total. The van der Waals surface area contributed by atoms with Crippen LogP contribution in [0, 0.1) is 19.8 Å². The first-order valence-electron chi connectivity index (χ1n) is 13.6. The summed E-state index contributed by atoms with van der Waals surface area (Å²) in [5.41, 5.74) is 4.18. The van der Waals surface area contributed by atoms with Gasteiger partial charge in [0, 0.05) is 29.4 Å². The van der Waals surface area contributed by atoms with Crippen LogP contribution in [0.2, 0.25) is 5.02 Å². The molecular weight excluding hydrogens is 490 g/mol. The molecule has 1 aromatic carbocycles. The fourth-order valence-electron chi connectivity index (χ4n) is 5.22. The van der Waals surface area contributed by atoms with Crippen LogP contribution in [0.1, 0.15) is 100 Å². The number of amides is 1. The Morgan fingerprint density at radius 3 is 2.42 bits per heavy atom. The SMILES string of the molecule is CCC(C)(C)NS(=O)c1ccc(-c2cc(C(=O)NC3CCC3)c(C)n2CC2CCCCC2)c(Cl)c1C. The third-order valence-electron chi connectivity index (χ3n) is 8.28. The molecule has 2 fully saturated rings. The van der Waals surface area contributed by atoms with Crippen LogP contribution in [-0.2, 0) is 17.5 Å². The van der Waals surface area contributed by atoms with E-state index in [-0.39, 0.29) is 11.4 Å². The average Bonchev–Trinajstić information content (AvgIpc) is 3.14. The standard InChI is InChI=1S/C29H42ClN3O2S/c1-6-29(4,5)32-36(35)26-16-15-23(27(30)19(26)2)25-17-24(28(34)31-22-13-10-14-22)20(3)33(25)18-21-11-8-7-9-12-21/h15-17,21-22,32H,6-14,18H2,1-5H3,(H,31,34). The van der Waals surface area contributed by atoms with Gasteiger partial charge in [-0.15, -0.1) is 0 Å². The minimum Gasteiger partial charge on any atom is -0.349 e. The van der Waals surface area contributed by atoms with Crippen LogP contribution in [0.15, 0.2) is 23.1 Å². The maximum Gasteiger partial charge on any atom is 0.253 e. The largest absolute Gasteiger partial charge is 0.349 e. The highest BCUT2D eigenvalue weighted by Crippen LogP contribution is 2.37. The summed E-state index contributed by atoms with van der Waals surface area (Å²) in [6.07, 6.45) is 10.5.